The quantitative estimate of drug-likeness (QED) is 0.312. The van der Waals surface area contributed by atoms with Gasteiger partial charge >= 0.3 is 0 Å². The van der Waals surface area contributed by atoms with Gasteiger partial charge in [-0.3, -0.25) is 0 Å². The number of nitrogens with one attached hydrogen (secondary N) is 2. The summed E-state index contributed by atoms with van der Waals surface area (Å²) in [6.45, 7) is 6.23. The molecule has 30 heavy (non-hydrogen) atoms. The monoisotopic (exact) mass is 525 g/mol. The van der Waals surface area contributed by atoms with Crippen LogP contribution in [0.25, 0.3) is 0 Å². The maximum absolute atomic E-state index is 5.48. The van der Waals surface area contributed by atoms with E-state index < -0.39 is 0 Å². The number of ether oxygens (including phenoxy) is 2. The van der Waals surface area contributed by atoms with Crippen molar-refractivity contribution in [2.24, 2.45) is 4.99 Å². The predicted molar refractivity (Wildman–Crippen MR) is 132 cm³/mol. The van der Waals surface area contributed by atoms with Crippen LogP contribution in [0.4, 0.5) is 5.82 Å². The third kappa shape index (κ3) is 6.65. The van der Waals surface area contributed by atoms with E-state index >= 15 is 0 Å². The average molecular weight is 525 g/mol. The first-order valence-electron chi connectivity index (χ1n) is 10.2. The first-order chi connectivity index (χ1) is 14.2. The molecule has 8 heteroatoms. The Labute approximate surface area is 196 Å². The Kier molecular flexibility index (Phi) is 9.99. The number of hydrogen-bond donors (Lipinski definition) is 2. The number of aromatic nitrogens is 1. The molecular formula is C22H32IN5O2. The summed E-state index contributed by atoms with van der Waals surface area (Å²) >= 11 is 0. The molecule has 1 aliphatic heterocycles. The van der Waals surface area contributed by atoms with Gasteiger partial charge in [0.25, 0.3) is 0 Å². The number of nitrogens with zero attached hydrogens (tertiary/aromatic N) is 3. The second-order valence-corrected chi connectivity index (χ2v) is 6.94. The van der Waals surface area contributed by atoms with E-state index in [4.69, 9.17) is 14.5 Å². The number of guanidine groups is 1. The van der Waals surface area contributed by atoms with Gasteiger partial charge in [0.15, 0.2) is 5.96 Å². The van der Waals surface area contributed by atoms with Crippen LogP contribution < -0.4 is 25.0 Å². The van der Waals surface area contributed by atoms with E-state index in [0.717, 1.165) is 54.0 Å². The summed E-state index contributed by atoms with van der Waals surface area (Å²) in [5.74, 6) is 3.38. The molecule has 3 rings (SSSR count). The number of anilines is 1. The zero-order valence-electron chi connectivity index (χ0n) is 18.0. The Balaban J connectivity index is 0.00000320. The molecular weight excluding hydrogens is 493 g/mol. The van der Waals surface area contributed by atoms with Crippen molar-refractivity contribution < 1.29 is 9.47 Å². The fraction of sp³-hybridized carbons (Fsp3) is 0.455. The van der Waals surface area contributed by atoms with E-state index in [-0.39, 0.29) is 24.0 Å². The van der Waals surface area contributed by atoms with Crippen LogP contribution in [0.3, 0.4) is 0 Å². The topological polar surface area (TPSA) is 71.0 Å². The van der Waals surface area contributed by atoms with Crippen LogP contribution in [0.2, 0.25) is 0 Å². The summed E-state index contributed by atoms with van der Waals surface area (Å²) in [6, 6.07) is 9.99. The minimum Gasteiger partial charge on any atom is -0.497 e. The van der Waals surface area contributed by atoms with E-state index in [2.05, 4.69) is 33.5 Å². The van der Waals surface area contributed by atoms with Crippen molar-refractivity contribution in [1.29, 1.82) is 0 Å². The number of benzene rings is 1. The van der Waals surface area contributed by atoms with Gasteiger partial charge in [0.2, 0.25) is 0 Å². The highest BCUT2D eigenvalue weighted by Gasteiger charge is 2.13. The number of methoxy groups -OCH3 is 2. The molecule has 1 fully saturated rings. The van der Waals surface area contributed by atoms with Gasteiger partial charge < -0.3 is 25.0 Å². The Morgan fingerprint density at radius 1 is 1.10 bits per heavy atom. The van der Waals surface area contributed by atoms with E-state index in [1.165, 1.54) is 12.8 Å². The smallest absolute Gasteiger partial charge is 0.191 e. The first-order valence-corrected chi connectivity index (χ1v) is 10.2. The van der Waals surface area contributed by atoms with Gasteiger partial charge in [0.1, 0.15) is 17.3 Å². The van der Waals surface area contributed by atoms with Crippen LogP contribution in [0, 0.1) is 0 Å². The van der Waals surface area contributed by atoms with Gasteiger partial charge in [-0.05, 0) is 49.6 Å². The Morgan fingerprint density at radius 2 is 1.90 bits per heavy atom. The molecule has 2 aromatic rings. The lowest BCUT2D eigenvalue weighted by Gasteiger charge is -2.17. The molecule has 2 N–H and O–H groups in total. The lowest BCUT2D eigenvalue weighted by molar-refractivity contribution is 0.390. The number of halogens is 1. The lowest BCUT2D eigenvalue weighted by atomic mass is 10.2. The Morgan fingerprint density at radius 3 is 2.60 bits per heavy atom. The fourth-order valence-corrected chi connectivity index (χ4v) is 3.37. The van der Waals surface area contributed by atoms with Gasteiger partial charge in [-0.1, -0.05) is 0 Å². The average Bonchev–Trinajstić information content (AvgIpc) is 3.31. The molecule has 0 radical (unpaired) electrons. The van der Waals surface area contributed by atoms with E-state index in [1.807, 2.05) is 30.5 Å². The van der Waals surface area contributed by atoms with Crippen molar-refractivity contribution in [2.75, 3.05) is 38.8 Å². The van der Waals surface area contributed by atoms with Crippen molar-refractivity contribution in [3.8, 4) is 11.5 Å². The van der Waals surface area contributed by atoms with Crippen LogP contribution in [0.15, 0.2) is 41.5 Å². The Bertz CT molecular complexity index is 825. The van der Waals surface area contributed by atoms with Gasteiger partial charge in [0, 0.05) is 44.0 Å². The minimum atomic E-state index is 0. The molecule has 0 bridgehead atoms. The summed E-state index contributed by atoms with van der Waals surface area (Å²) in [5, 5.41) is 6.68. The highest BCUT2D eigenvalue weighted by atomic mass is 127. The first kappa shape index (κ1) is 24.0. The summed E-state index contributed by atoms with van der Waals surface area (Å²) < 4.78 is 10.7. The van der Waals surface area contributed by atoms with Crippen LogP contribution in [0.5, 0.6) is 11.5 Å². The molecule has 1 aromatic carbocycles. The molecule has 0 amide bonds. The summed E-state index contributed by atoms with van der Waals surface area (Å²) in [4.78, 5) is 11.6. The summed E-state index contributed by atoms with van der Waals surface area (Å²) in [5.41, 5.74) is 2.19. The SMILES string of the molecule is CCNC(=NCc1ccnc(N2CCCC2)c1)NCc1ccc(OC)cc1OC.I. The maximum Gasteiger partial charge on any atom is 0.191 e. The third-order valence-electron chi connectivity index (χ3n) is 4.94. The standard InChI is InChI=1S/C22H31N5O2.HI/c1-4-23-22(26-16-18-7-8-19(28-2)14-20(18)29-3)25-15-17-9-10-24-21(13-17)27-11-5-6-12-27;/h7-10,13-14H,4-6,11-12,15-16H2,1-3H3,(H2,23,25,26);1H. The van der Waals surface area contributed by atoms with Crippen molar-refractivity contribution >= 4 is 35.8 Å². The maximum atomic E-state index is 5.48. The zero-order valence-corrected chi connectivity index (χ0v) is 20.3. The lowest BCUT2D eigenvalue weighted by Crippen LogP contribution is -2.36. The molecule has 1 aliphatic rings. The molecule has 0 unspecified atom stereocenters. The Hall–Kier alpha value is -2.23. The predicted octanol–water partition coefficient (Wildman–Crippen LogP) is 3.57. The van der Waals surface area contributed by atoms with Gasteiger partial charge in [-0.2, -0.15) is 0 Å². The van der Waals surface area contributed by atoms with Crippen LogP contribution in [-0.4, -0.2) is 44.8 Å². The highest BCUT2D eigenvalue weighted by Crippen LogP contribution is 2.24. The molecule has 2 heterocycles. The van der Waals surface area contributed by atoms with Crippen molar-refractivity contribution in [3.05, 3.63) is 47.7 Å². The molecule has 164 valence electrons. The van der Waals surface area contributed by atoms with Crippen LogP contribution in [0.1, 0.15) is 30.9 Å². The fourth-order valence-electron chi connectivity index (χ4n) is 3.37. The van der Waals surface area contributed by atoms with Gasteiger partial charge in [0.05, 0.1) is 20.8 Å². The number of hydrogen-bond acceptors (Lipinski definition) is 5. The number of aliphatic imine (C=N–C) groups is 1. The third-order valence-corrected chi connectivity index (χ3v) is 4.94. The largest absolute Gasteiger partial charge is 0.497 e. The summed E-state index contributed by atoms with van der Waals surface area (Å²) in [6.07, 6.45) is 4.36. The normalized spacial score (nSPS) is 13.6. The highest BCUT2D eigenvalue weighted by molar-refractivity contribution is 14.0. The number of rotatable bonds is 8. The van der Waals surface area contributed by atoms with Gasteiger partial charge in [-0.25, -0.2) is 9.98 Å². The second-order valence-electron chi connectivity index (χ2n) is 6.94. The molecule has 0 atom stereocenters. The zero-order chi connectivity index (χ0) is 20.5. The number of pyridine rings is 1. The van der Waals surface area contributed by atoms with E-state index in [1.54, 1.807) is 14.2 Å². The van der Waals surface area contributed by atoms with Crippen molar-refractivity contribution in [3.63, 3.8) is 0 Å². The molecule has 0 aliphatic carbocycles. The minimum absolute atomic E-state index is 0. The van der Waals surface area contributed by atoms with Crippen LogP contribution in [-0.2, 0) is 13.1 Å². The molecule has 0 spiro atoms. The summed E-state index contributed by atoms with van der Waals surface area (Å²) in [7, 11) is 3.32. The molecule has 1 aromatic heterocycles. The molecule has 0 saturated carbocycles. The molecule has 1 saturated heterocycles. The van der Waals surface area contributed by atoms with Gasteiger partial charge in [-0.15, -0.1) is 24.0 Å². The second kappa shape index (κ2) is 12.5. The van der Waals surface area contributed by atoms with Crippen molar-refractivity contribution in [2.45, 2.75) is 32.9 Å². The van der Waals surface area contributed by atoms with E-state index in [9.17, 15) is 0 Å². The molecule has 7 nitrogen and oxygen atoms in total. The van der Waals surface area contributed by atoms with Crippen molar-refractivity contribution in [1.82, 2.24) is 15.6 Å². The van der Waals surface area contributed by atoms with Crippen LogP contribution >= 0.6 is 24.0 Å². The van der Waals surface area contributed by atoms with E-state index in [0.29, 0.717) is 13.1 Å².